The highest BCUT2D eigenvalue weighted by molar-refractivity contribution is 5.46. The Balaban J connectivity index is 1.92. The van der Waals surface area contributed by atoms with Crippen molar-refractivity contribution in [2.24, 2.45) is 0 Å². The average molecular weight is 290 g/mol. The van der Waals surface area contributed by atoms with Gasteiger partial charge >= 0.3 is 0 Å². The highest BCUT2D eigenvalue weighted by Gasteiger charge is 2.21. The van der Waals surface area contributed by atoms with E-state index in [-0.39, 0.29) is 0 Å². The van der Waals surface area contributed by atoms with Gasteiger partial charge in [0.15, 0.2) is 0 Å². The van der Waals surface area contributed by atoms with Gasteiger partial charge in [0.2, 0.25) is 0 Å². The molecule has 2 rings (SSSR count). The van der Waals surface area contributed by atoms with Gasteiger partial charge in [-0.2, -0.15) is 0 Å². The highest BCUT2D eigenvalue weighted by atomic mass is 15.2. The van der Waals surface area contributed by atoms with E-state index in [1.54, 1.807) is 0 Å². The number of rotatable bonds is 7. The zero-order chi connectivity index (χ0) is 15.1. The van der Waals surface area contributed by atoms with E-state index in [2.05, 4.69) is 53.1 Å². The van der Waals surface area contributed by atoms with Gasteiger partial charge < -0.3 is 15.1 Å². The van der Waals surface area contributed by atoms with E-state index >= 15 is 0 Å². The smallest absolute Gasteiger partial charge is 0.0562 e. The molecule has 2 heterocycles. The summed E-state index contributed by atoms with van der Waals surface area (Å²) in [4.78, 5) is 9.45. The largest absolute Gasteiger partial charge is 0.371 e. The number of nitrogens with one attached hydrogen (secondary N) is 1. The van der Waals surface area contributed by atoms with E-state index in [1.807, 2.05) is 6.20 Å². The van der Waals surface area contributed by atoms with Gasteiger partial charge in [-0.15, -0.1) is 0 Å². The number of hydrogen-bond donors (Lipinski definition) is 1. The maximum atomic E-state index is 4.47. The molecule has 0 amide bonds. The van der Waals surface area contributed by atoms with E-state index in [4.69, 9.17) is 0 Å². The molecule has 4 heteroatoms. The molecule has 21 heavy (non-hydrogen) atoms. The lowest BCUT2D eigenvalue weighted by Gasteiger charge is -2.37. The monoisotopic (exact) mass is 290 g/mol. The number of pyridine rings is 1. The Morgan fingerprint density at radius 2 is 2.10 bits per heavy atom. The van der Waals surface area contributed by atoms with E-state index in [0.29, 0.717) is 6.04 Å². The molecule has 1 aliphatic rings. The first-order valence-corrected chi connectivity index (χ1v) is 8.35. The fraction of sp³-hybridized carbons (Fsp3) is 0.706. The number of aromatic nitrogens is 1. The first-order chi connectivity index (χ1) is 10.2. The first-order valence-electron chi connectivity index (χ1n) is 8.35. The minimum Gasteiger partial charge on any atom is -0.371 e. The van der Waals surface area contributed by atoms with Gasteiger partial charge in [0, 0.05) is 44.6 Å². The topological polar surface area (TPSA) is 31.4 Å². The number of likely N-dealkylation sites (tertiary alicyclic amines) is 1. The van der Waals surface area contributed by atoms with Gasteiger partial charge in [0.25, 0.3) is 0 Å². The van der Waals surface area contributed by atoms with Crippen LogP contribution >= 0.6 is 0 Å². The van der Waals surface area contributed by atoms with Gasteiger partial charge in [-0.05, 0) is 44.5 Å². The van der Waals surface area contributed by atoms with Crippen molar-refractivity contribution in [3.63, 3.8) is 0 Å². The molecule has 1 saturated heterocycles. The summed E-state index contributed by atoms with van der Waals surface area (Å²) in [6.07, 6.45) is 5.62. The average Bonchev–Trinajstić information content (AvgIpc) is 2.55. The van der Waals surface area contributed by atoms with Crippen molar-refractivity contribution in [1.29, 1.82) is 0 Å². The molecular weight excluding hydrogens is 260 g/mol. The Hall–Kier alpha value is -1.13. The molecule has 0 radical (unpaired) electrons. The summed E-state index contributed by atoms with van der Waals surface area (Å²) in [7, 11) is 2.23. The molecule has 0 aliphatic carbocycles. The number of anilines is 1. The number of piperidine rings is 1. The van der Waals surface area contributed by atoms with Crippen LogP contribution in [0.3, 0.4) is 0 Å². The first kappa shape index (κ1) is 16.2. The molecule has 1 N–H and O–H groups in total. The van der Waals surface area contributed by atoms with Crippen LogP contribution in [-0.2, 0) is 6.54 Å². The molecule has 118 valence electrons. The molecule has 1 fully saturated rings. The second-order valence-electron chi connectivity index (χ2n) is 5.96. The standard InChI is InChI=1S/C17H30N4/c1-4-9-18-14-15-13-17(6-10-19-15)20(3)16-7-11-21(5-2)12-8-16/h6,10,13,16,18H,4-5,7-9,11-12,14H2,1-3H3. The van der Waals surface area contributed by atoms with Crippen LogP contribution in [0.4, 0.5) is 5.69 Å². The van der Waals surface area contributed by atoms with Crippen LogP contribution in [0.15, 0.2) is 18.3 Å². The molecule has 0 atom stereocenters. The SMILES string of the molecule is CCCNCc1cc(N(C)C2CCN(CC)CC2)ccn1. The molecule has 0 unspecified atom stereocenters. The summed E-state index contributed by atoms with van der Waals surface area (Å²) in [6.45, 7) is 9.98. The summed E-state index contributed by atoms with van der Waals surface area (Å²) < 4.78 is 0. The Morgan fingerprint density at radius 3 is 2.76 bits per heavy atom. The summed E-state index contributed by atoms with van der Waals surface area (Å²) in [6, 6.07) is 5.02. The predicted octanol–water partition coefficient (Wildman–Crippen LogP) is 2.50. The van der Waals surface area contributed by atoms with E-state index in [9.17, 15) is 0 Å². The van der Waals surface area contributed by atoms with Gasteiger partial charge in [0.1, 0.15) is 0 Å². The summed E-state index contributed by atoms with van der Waals surface area (Å²) in [5.41, 5.74) is 2.44. The quantitative estimate of drug-likeness (QED) is 0.782. The molecule has 0 bridgehead atoms. The van der Waals surface area contributed by atoms with Crippen molar-refractivity contribution in [2.45, 2.75) is 45.7 Å². The molecular formula is C17H30N4. The summed E-state index contributed by atoms with van der Waals surface area (Å²) >= 11 is 0. The summed E-state index contributed by atoms with van der Waals surface area (Å²) in [5, 5.41) is 3.42. The van der Waals surface area contributed by atoms with Gasteiger partial charge in [-0.3, -0.25) is 4.98 Å². The third-order valence-electron chi connectivity index (χ3n) is 4.49. The minimum absolute atomic E-state index is 0.659. The van der Waals surface area contributed by atoms with Crippen molar-refractivity contribution >= 4 is 5.69 Å². The lowest BCUT2D eigenvalue weighted by atomic mass is 10.0. The second kappa shape index (κ2) is 8.35. The Labute approximate surface area is 129 Å². The number of nitrogens with zero attached hydrogens (tertiary/aromatic N) is 3. The third kappa shape index (κ3) is 4.68. The molecule has 1 aromatic rings. The Morgan fingerprint density at radius 1 is 1.33 bits per heavy atom. The van der Waals surface area contributed by atoms with Gasteiger partial charge in [0.05, 0.1) is 5.69 Å². The van der Waals surface area contributed by atoms with Crippen LogP contribution < -0.4 is 10.2 Å². The molecule has 0 spiro atoms. The Bertz CT molecular complexity index is 413. The molecule has 0 aromatic carbocycles. The number of hydrogen-bond acceptors (Lipinski definition) is 4. The molecule has 1 aromatic heterocycles. The van der Waals surface area contributed by atoms with Crippen LogP contribution in [0.1, 0.15) is 38.8 Å². The maximum Gasteiger partial charge on any atom is 0.0562 e. The lowest BCUT2D eigenvalue weighted by molar-refractivity contribution is 0.221. The summed E-state index contributed by atoms with van der Waals surface area (Å²) in [5.74, 6) is 0. The predicted molar refractivity (Wildman–Crippen MR) is 89.8 cm³/mol. The van der Waals surface area contributed by atoms with Crippen molar-refractivity contribution < 1.29 is 0 Å². The van der Waals surface area contributed by atoms with Gasteiger partial charge in [-0.1, -0.05) is 13.8 Å². The highest BCUT2D eigenvalue weighted by Crippen LogP contribution is 2.22. The second-order valence-corrected chi connectivity index (χ2v) is 5.96. The molecule has 4 nitrogen and oxygen atoms in total. The molecule has 1 aliphatic heterocycles. The van der Waals surface area contributed by atoms with Crippen molar-refractivity contribution in [2.75, 3.05) is 38.1 Å². The lowest BCUT2D eigenvalue weighted by Crippen LogP contribution is -2.43. The molecule has 0 saturated carbocycles. The van der Waals surface area contributed by atoms with Crippen molar-refractivity contribution in [1.82, 2.24) is 15.2 Å². The van der Waals surface area contributed by atoms with E-state index in [1.165, 1.54) is 38.2 Å². The fourth-order valence-electron chi connectivity index (χ4n) is 3.01. The van der Waals surface area contributed by atoms with Crippen LogP contribution in [0.5, 0.6) is 0 Å². The van der Waals surface area contributed by atoms with Crippen LogP contribution in [0.25, 0.3) is 0 Å². The van der Waals surface area contributed by atoms with E-state index in [0.717, 1.165) is 25.2 Å². The third-order valence-corrected chi connectivity index (χ3v) is 4.49. The van der Waals surface area contributed by atoms with E-state index < -0.39 is 0 Å². The zero-order valence-electron chi connectivity index (χ0n) is 13.8. The van der Waals surface area contributed by atoms with Crippen LogP contribution in [0.2, 0.25) is 0 Å². The van der Waals surface area contributed by atoms with Crippen molar-refractivity contribution in [3.05, 3.63) is 24.0 Å². The normalized spacial score (nSPS) is 17.1. The van der Waals surface area contributed by atoms with Gasteiger partial charge in [-0.25, -0.2) is 0 Å². The van der Waals surface area contributed by atoms with Crippen molar-refractivity contribution in [3.8, 4) is 0 Å². The Kier molecular flexibility index (Phi) is 6.46. The van der Waals surface area contributed by atoms with Crippen LogP contribution in [0, 0.1) is 0 Å². The minimum atomic E-state index is 0.659. The zero-order valence-corrected chi connectivity index (χ0v) is 13.8. The van der Waals surface area contributed by atoms with Crippen LogP contribution in [-0.4, -0.2) is 49.2 Å². The maximum absolute atomic E-state index is 4.47. The fourth-order valence-corrected chi connectivity index (χ4v) is 3.01.